The number of carbonyl (C=O) groups excluding carboxylic acids is 3. The number of para-hydroxylation sites is 1. The average molecular weight is 413 g/mol. The van der Waals surface area contributed by atoms with Gasteiger partial charge in [-0.1, -0.05) is 45.0 Å². The van der Waals surface area contributed by atoms with E-state index in [1.165, 1.54) is 20.1 Å². The molecular formula is C23H27NO6. The van der Waals surface area contributed by atoms with Gasteiger partial charge < -0.3 is 14.2 Å². The molecule has 0 spiro atoms. The number of imide groups is 1. The van der Waals surface area contributed by atoms with Gasteiger partial charge in [-0.05, 0) is 42.2 Å². The fourth-order valence-electron chi connectivity index (χ4n) is 2.60. The molecule has 0 unspecified atom stereocenters. The van der Waals surface area contributed by atoms with Gasteiger partial charge in [0.05, 0.1) is 12.7 Å². The summed E-state index contributed by atoms with van der Waals surface area (Å²) in [5.74, 6) is -1.25. The molecule has 0 aliphatic carbocycles. The molecule has 0 fully saturated rings. The number of esters is 1. The van der Waals surface area contributed by atoms with E-state index in [2.05, 4.69) is 26.1 Å². The summed E-state index contributed by atoms with van der Waals surface area (Å²) in [6, 6.07) is 13.9. The summed E-state index contributed by atoms with van der Waals surface area (Å²) < 4.78 is 15.6. The van der Waals surface area contributed by atoms with Gasteiger partial charge in [0.2, 0.25) is 0 Å². The summed E-state index contributed by atoms with van der Waals surface area (Å²) in [5, 5.41) is 2.16. The topological polar surface area (TPSA) is 90.9 Å². The Kier molecular flexibility index (Phi) is 7.58. The Balaban J connectivity index is 1.84. The number of carbonyl (C=O) groups is 3. The van der Waals surface area contributed by atoms with Crippen LogP contribution in [0.5, 0.6) is 11.5 Å². The number of benzene rings is 2. The highest BCUT2D eigenvalue weighted by Gasteiger charge is 2.20. The standard InChI is InChI=1S/C23H27NO6/c1-15(30-17-12-10-16(11-13-17)23(2,3)4)22(27)29-14-20(25)24-21(26)18-8-6-7-9-19(18)28-5/h6-13,15H,14H2,1-5H3,(H,24,25,26)/t15-/m0/s1. The quantitative estimate of drug-likeness (QED) is 0.701. The van der Waals surface area contributed by atoms with E-state index < -0.39 is 30.5 Å². The summed E-state index contributed by atoms with van der Waals surface area (Å²) in [7, 11) is 1.42. The SMILES string of the molecule is COc1ccccc1C(=O)NC(=O)COC(=O)[C@H](C)Oc1ccc(C(C)(C)C)cc1. The van der Waals surface area contributed by atoms with Crippen LogP contribution >= 0.6 is 0 Å². The maximum Gasteiger partial charge on any atom is 0.347 e. The summed E-state index contributed by atoms with van der Waals surface area (Å²) in [6.45, 7) is 7.24. The smallest absolute Gasteiger partial charge is 0.347 e. The highest BCUT2D eigenvalue weighted by molar-refractivity contribution is 6.06. The van der Waals surface area contributed by atoms with Gasteiger partial charge in [-0.3, -0.25) is 14.9 Å². The fraction of sp³-hybridized carbons (Fsp3) is 0.348. The molecule has 0 aliphatic rings. The Hall–Kier alpha value is -3.35. The molecule has 1 N–H and O–H groups in total. The summed E-state index contributed by atoms with van der Waals surface area (Å²) in [5.41, 5.74) is 1.36. The van der Waals surface area contributed by atoms with Crippen molar-refractivity contribution >= 4 is 17.8 Å². The van der Waals surface area contributed by atoms with Gasteiger partial charge in [0.1, 0.15) is 11.5 Å². The second-order valence-corrected chi connectivity index (χ2v) is 7.72. The van der Waals surface area contributed by atoms with E-state index >= 15 is 0 Å². The normalized spacial score (nSPS) is 11.9. The van der Waals surface area contributed by atoms with Gasteiger partial charge in [-0.2, -0.15) is 0 Å². The molecule has 0 saturated carbocycles. The first-order valence-electron chi connectivity index (χ1n) is 9.53. The zero-order valence-corrected chi connectivity index (χ0v) is 17.9. The van der Waals surface area contributed by atoms with Crippen LogP contribution in [-0.2, 0) is 19.7 Å². The molecule has 30 heavy (non-hydrogen) atoms. The molecule has 7 heteroatoms. The summed E-state index contributed by atoms with van der Waals surface area (Å²) in [4.78, 5) is 36.2. The molecule has 0 aromatic heterocycles. The van der Waals surface area contributed by atoms with Crippen LogP contribution in [0.15, 0.2) is 48.5 Å². The molecule has 0 heterocycles. The van der Waals surface area contributed by atoms with Crippen molar-refractivity contribution in [1.29, 1.82) is 0 Å². The van der Waals surface area contributed by atoms with Crippen molar-refractivity contribution in [3.05, 3.63) is 59.7 Å². The predicted molar refractivity (Wildman–Crippen MR) is 112 cm³/mol. The van der Waals surface area contributed by atoms with Crippen LogP contribution in [-0.4, -0.2) is 37.6 Å². The van der Waals surface area contributed by atoms with Gasteiger partial charge in [0.25, 0.3) is 11.8 Å². The van der Waals surface area contributed by atoms with Crippen molar-refractivity contribution in [1.82, 2.24) is 5.32 Å². The maximum atomic E-state index is 12.2. The number of nitrogens with one attached hydrogen (secondary N) is 1. The molecular weight excluding hydrogens is 386 g/mol. The van der Waals surface area contributed by atoms with Crippen LogP contribution in [0.25, 0.3) is 0 Å². The third kappa shape index (κ3) is 6.34. The van der Waals surface area contributed by atoms with Crippen LogP contribution < -0.4 is 14.8 Å². The fourth-order valence-corrected chi connectivity index (χ4v) is 2.60. The Bertz CT molecular complexity index is 899. The molecule has 1 atom stereocenters. The van der Waals surface area contributed by atoms with Crippen molar-refractivity contribution < 1.29 is 28.6 Å². The third-order valence-electron chi connectivity index (χ3n) is 4.32. The second-order valence-electron chi connectivity index (χ2n) is 7.72. The van der Waals surface area contributed by atoms with Crippen LogP contribution in [0.3, 0.4) is 0 Å². The summed E-state index contributed by atoms with van der Waals surface area (Å²) >= 11 is 0. The zero-order valence-electron chi connectivity index (χ0n) is 17.9. The first-order chi connectivity index (χ1) is 14.1. The molecule has 2 aromatic rings. The lowest BCUT2D eigenvalue weighted by atomic mass is 9.87. The van der Waals surface area contributed by atoms with Crippen LogP contribution in [0.2, 0.25) is 0 Å². The minimum absolute atomic E-state index is 0.0115. The largest absolute Gasteiger partial charge is 0.496 e. The van der Waals surface area contributed by atoms with E-state index in [-0.39, 0.29) is 11.0 Å². The molecule has 2 amide bonds. The molecule has 160 valence electrons. The van der Waals surface area contributed by atoms with Crippen LogP contribution in [0.1, 0.15) is 43.6 Å². The minimum atomic E-state index is -0.914. The molecule has 0 bridgehead atoms. The number of rotatable bonds is 7. The molecule has 2 rings (SSSR count). The lowest BCUT2D eigenvalue weighted by Gasteiger charge is -2.20. The molecule has 7 nitrogen and oxygen atoms in total. The number of hydrogen-bond donors (Lipinski definition) is 1. The van der Waals surface area contributed by atoms with Crippen molar-refractivity contribution in [3.8, 4) is 11.5 Å². The van der Waals surface area contributed by atoms with Gasteiger partial charge in [-0.25, -0.2) is 4.79 Å². The highest BCUT2D eigenvalue weighted by atomic mass is 16.6. The predicted octanol–water partition coefficient (Wildman–Crippen LogP) is 3.26. The number of amides is 2. The summed E-state index contributed by atoms with van der Waals surface area (Å²) in [6.07, 6.45) is -0.914. The van der Waals surface area contributed by atoms with Gasteiger partial charge in [0, 0.05) is 0 Å². The monoisotopic (exact) mass is 413 g/mol. The number of ether oxygens (including phenoxy) is 3. The molecule has 0 saturated heterocycles. The number of hydrogen-bond acceptors (Lipinski definition) is 6. The molecule has 0 radical (unpaired) electrons. The first kappa shape index (κ1) is 22.9. The Labute approximate surface area is 176 Å². The van der Waals surface area contributed by atoms with Crippen LogP contribution in [0, 0.1) is 0 Å². The molecule has 0 aliphatic heterocycles. The maximum absolute atomic E-state index is 12.2. The van der Waals surface area contributed by atoms with E-state index in [0.29, 0.717) is 11.5 Å². The average Bonchev–Trinajstić information content (AvgIpc) is 2.71. The van der Waals surface area contributed by atoms with E-state index in [0.717, 1.165) is 5.56 Å². The van der Waals surface area contributed by atoms with E-state index in [1.807, 2.05) is 12.1 Å². The van der Waals surface area contributed by atoms with Crippen molar-refractivity contribution in [3.63, 3.8) is 0 Å². The Morgan fingerprint density at radius 3 is 2.23 bits per heavy atom. The van der Waals surface area contributed by atoms with Crippen molar-refractivity contribution in [2.75, 3.05) is 13.7 Å². The minimum Gasteiger partial charge on any atom is -0.496 e. The van der Waals surface area contributed by atoms with Gasteiger partial charge >= 0.3 is 5.97 Å². The number of methoxy groups -OCH3 is 1. The van der Waals surface area contributed by atoms with Gasteiger partial charge in [0.15, 0.2) is 12.7 Å². The van der Waals surface area contributed by atoms with Crippen LogP contribution in [0.4, 0.5) is 0 Å². The van der Waals surface area contributed by atoms with Gasteiger partial charge in [-0.15, -0.1) is 0 Å². The molecule has 2 aromatic carbocycles. The highest BCUT2D eigenvalue weighted by Crippen LogP contribution is 2.24. The van der Waals surface area contributed by atoms with Crippen molar-refractivity contribution in [2.45, 2.75) is 39.2 Å². The van der Waals surface area contributed by atoms with E-state index in [1.54, 1.807) is 30.3 Å². The first-order valence-corrected chi connectivity index (χ1v) is 9.53. The van der Waals surface area contributed by atoms with E-state index in [9.17, 15) is 14.4 Å². The van der Waals surface area contributed by atoms with Crippen molar-refractivity contribution in [2.24, 2.45) is 0 Å². The zero-order chi connectivity index (χ0) is 22.3. The lowest BCUT2D eigenvalue weighted by Crippen LogP contribution is -2.36. The Morgan fingerprint density at radius 2 is 1.63 bits per heavy atom. The Morgan fingerprint density at radius 1 is 1.00 bits per heavy atom. The second kappa shape index (κ2) is 9.91. The third-order valence-corrected chi connectivity index (χ3v) is 4.32. The van der Waals surface area contributed by atoms with E-state index in [4.69, 9.17) is 14.2 Å². The lowest BCUT2D eigenvalue weighted by molar-refractivity contribution is -0.154.